The van der Waals surface area contributed by atoms with Gasteiger partial charge in [0.05, 0.1) is 0 Å². The lowest BCUT2D eigenvalue weighted by Crippen LogP contribution is -2.61. The summed E-state index contributed by atoms with van der Waals surface area (Å²) in [5.74, 6) is -1.74. The van der Waals surface area contributed by atoms with Crippen LogP contribution in [0, 0.1) is 5.41 Å². The molecule has 0 aromatic heterocycles. The highest BCUT2D eigenvalue weighted by atomic mass is 16.5. The van der Waals surface area contributed by atoms with Crippen molar-refractivity contribution in [3.05, 3.63) is 59.7 Å². The van der Waals surface area contributed by atoms with Gasteiger partial charge in [-0.1, -0.05) is 83.1 Å². The van der Waals surface area contributed by atoms with Crippen molar-refractivity contribution in [2.24, 2.45) is 5.41 Å². The summed E-state index contributed by atoms with van der Waals surface area (Å²) in [6.45, 7) is 8.97. The fraction of sp³-hybridized carbons (Fsp3) is 0.444. The number of amides is 2. The average molecular weight is 467 g/mol. The normalized spacial score (nSPS) is 14.0. The molecule has 0 saturated heterocycles. The van der Waals surface area contributed by atoms with Crippen LogP contribution >= 0.6 is 0 Å². The minimum absolute atomic E-state index is 0.0973. The van der Waals surface area contributed by atoms with Crippen LogP contribution in [0.1, 0.15) is 64.5 Å². The van der Waals surface area contributed by atoms with E-state index in [0.717, 1.165) is 22.3 Å². The topological polar surface area (TPSA) is 105 Å². The zero-order valence-electron chi connectivity index (χ0n) is 20.5. The average Bonchev–Trinajstić information content (AvgIpc) is 3.12. The van der Waals surface area contributed by atoms with Gasteiger partial charge in [-0.05, 0) is 40.5 Å². The number of rotatable bonds is 8. The van der Waals surface area contributed by atoms with E-state index in [2.05, 4.69) is 22.8 Å². The van der Waals surface area contributed by atoms with Crippen LogP contribution in [0.3, 0.4) is 0 Å². The van der Waals surface area contributed by atoms with Crippen molar-refractivity contribution >= 4 is 18.0 Å². The first kappa shape index (κ1) is 25.3. The van der Waals surface area contributed by atoms with E-state index in [1.54, 1.807) is 34.6 Å². The van der Waals surface area contributed by atoms with Crippen LogP contribution in [-0.2, 0) is 14.3 Å². The number of benzene rings is 2. The molecule has 0 heterocycles. The Hall–Kier alpha value is -3.35. The summed E-state index contributed by atoms with van der Waals surface area (Å²) in [6, 6.07) is 15.1. The third kappa shape index (κ3) is 4.93. The van der Waals surface area contributed by atoms with Gasteiger partial charge in [0.1, 0.15) is 18.2 Å². The van der Waals surface area contributed by atoms with Crippen LogP contribution < -0.4 is 10.6 Å². The van der Waals surface area contributed by atoms with Gasteiger partial charge in [-0.2, -0.15) is 0 Å². The summed E-state index contributed by atoms with van der Waals surface area (Å²) in [5.41, 5.74) is 2.40. The minimum atomic E-state index is -1.39. The van der Waals surface area contributed by atoms with E-state index in [4.69, 9.17) is 4.74 Å². The highest BCUT2D eigenvalue weighted by Gasteiger charge is 2.41. The Morgan fingerprint density at radius 3 is 1.88 bits per heavy atom. The predicted octanol–water partition coefficient (Wildman–Crippen LogP) is 4.70. The predicted molar refractivity (Wildman–Crippen MR) is 131 cm³/mol. The Kier molecular flexibility index (Phi) is 7.34. The number of carbonyl (C=O) groups is 3. The summed E-state index contributed by atoms with van der Waals surface area (Å²) in [7, 11) is 0. The fourth-order valence-corrected chi connectivity index (χ4v) is 4.52. The Balaban J connectivity index is 1.73. The van der Waals surface area contributed by atoms with Gasteiger partial charge in [-0.15, -0.1) is 0 Å². The first-order valence-corrected chi connectivity index (χ1v) is 11.7. The van der Waals surface area contributed by atoms with Crippen molar-refractivity contribution in [1.82, 2.24) is 10.6 Å². The first-order chi connectivity index (χ1) is 16.0. The SMILES string of the molecule is CCC(CC)(NC(=O)C(NC(=O)OCC1c2ccccc2-c2ccccc21)C(C)(C)C)C(=O)O. The molecule has 7 heteroatoms. The van der Waals surface area contributed by atoms with Crippen LogP contribution in [-0.4, -0.2) is 41.3 Å². The lowest BCUT2D eigenvalue weighted by Gasteiger charge is -2.35. The second-order valence-corrected chi connectivity index (χ2v) is 9.85. The van der Waals surface area contributed by atoms with Gasteiger partial charge in [0, 0.05) is 5.92 Å². The summed E-state index contributed by atoms with van der Waals surface area (Å²) >= 11 is 0. The van der Waals surface area contributed by atoms with Crippen LogP contribution in [0.15, 0.2) is 48.5 Å². The number of fused-ring (bicyclic) bond motifs is 3. The second-order valence-electron chi connectivity index (χ2n) is 9.85. The molecule has 1 unspecified atom stereocenters. The molecule has 2 amide bonds. The summed E-state index contributed by atoms with van der Waals surface area (Å²) < 4.78 is 5.60. The van der Waals surface area contributed by atoms with Crippen molar-refractivity contribution in [2.75, 3.05) is 6.61 Å². The largest absolute Gasteiger partial charge is 0.480 e. The first-order valence-electron chi connectivity index (χ1n) is 11.7. The van der Waals surface area contributed by atoms with Crippen molar-refractivity contribution in [3.63, 3.8) is 0 Å². The molecule has 1 aliphatic carbocycles. The minimum Gasteiger partial charge on any atom is -0.480 e. The highest BCUT2D eigenvalue weighted by molar-refractivity contribution is 5.91. The van der Waals surface area contributed by atoms with E-state index in [1.165, 1.54) is 0 Å². The molecule has 3 rings (SSSR count). The molecule has 1 aliphatic rings. The number of hydrogen-bond acceptors (Lipinski definition) is 4. The number of ether oxygens (including phenoxy) is 1. The summed E-state index contributed by atoms with van der Waals surface area (Å²) in [4.78, 5) is 37.7. The summed E-state index contributed by atoms with van der Waals surface area (Å²) in [5, 5.41) is 15.0. The molecular formula is C27H34N2O5. The van der Waals surface area contributed by atoms with Gasteiger partial charge >= 0.3 is 12.1 Å². The number of alkyl carbamates (subject to hydrolysis) is 1. The number of carbonyl (C=O) groups excluding carboxylic acids is 2. The van der Waals surface area contributed by atoms with Crippen molar-refractivity contribution in [3.8, 4) is 11.1 Å². The second kappa shape index (κ2) is 9.87. The van der Waals surface area contributed by atoms with Gasteiger partial charge in [-0.25, -0.2) is 9.59 Å². The van der Waals surface area contributed by atoms with Crippen LogP contribution in [0.2, 0.25) is 0 Å². The fourth-order valence-electron chi connectivity index (χ4n) is 4.52. The Labute approximate surface area is 200 Å². The molecule has 2 aromatic rings. The third-order valence-electron chi connectivity index (χ3n) is 6.71. The molecule has 0 fully saturated rings. The van der Waals surface area contributed by atoms with Gasteiger partial charge in [0.15, 0.2) is 0 Å². The van der Waals surface area contributed by atoms with Crippen molar-refractivity contribution < 1.29 is 24.2 Å². The lowest BCUT2D eigenvalue weighted by molar-refractivity contribution is -0.148. The molecule has 0 spiro atoms. The van der Waals surface area contributed by atoms with E-state index in [-0.39, 0.29) is 25.4 Å². The molecule has 2 aromatic carbocycles. The van der Waals surface area contributed by atoms with Gasteiger partial charge < -0.3 is 20.5 Å². The Morgan fingerprint density at radius 2 is 1.44 bits per heavy atom. The van der Waals surface area contributed by atoms with Crippen LogP contribution in [0.5, 0.6) is 0 Å². The maximum atomic E-state index is 13.1. The standard InChI is InChI=1S/C27H34N2O5/c1-6-27(7-2,24(31)32)29-23(30)22(26(3,4)5)28-25(33)34-16-21-19-14-10-8-12-17(19)18-13-9-11-15-20(18)21/h8-15,21-22H,6-7,16H2,1-5H3,(H,28,33)(H,29,30)(H,31,32). The highest BCUT2D eigenvalue weighted by Crippen LogP contribution is 2.44. The number of aliphatic carboxylic acids is 1. The molecule has 7 nitrogen and oxygen atoms in total. The van der Waals surface area contributed by atoms with E-state index in [9.17, 15) is 19.5 Å². The molecular weight excluding hydrogens is 432 g/mol. The number of carboxylic acid groups (broad SMARTS) is 1. The molecule has 0 saturated carbocycles. The van der Waals surface area contributed by atoms with E-state index in [0.29, 0.717) is 0 Å². The number of carboxylic acids is 1. The number of hydrogen-bond donors (Lipinski definition) is 3. The molecule has 0 radical (unpaired) electrons. The summed E-state index contributed by atoms with van der Waals surface area (Å²) in [6.07, 6.45) is -0.260. The molecule has 1 atom stereocenters. The lowest BCUT2D eigenvalue weighted by atomic mass is 9.84. The zero-order chi connectivity index (χ0) is 25.1. The molecule has 34 heavy (non-hydrogen) atoms. The third-order valence-corrected chi connectivity index (χ3v) is 6.71. The van der Waals surface area contributed by atoms with E-state index >= 15 is 0 Å². The van der Waals surface area contributed by atoms with Gasteiger partial charge in [-0.3, -0.25) is 4.79 Å². The number of nitrogens with one attached hydrogen (secondary N) is 2. The molecule has 0 aliphatic heterocycles. The van der Waals surface area contributed by atoms with Crippen LogP contribution in [0.25, 0.3) is 11.1 Å². The molecule has 0 bridgehead atoms. The quantitative estimate of drug-likeness (QED) is 0.523. The Bertz CT molecular complexity index is 1020. The molecule has 3 N–H and O–H groups in total. The van der Waals surface area contributed by atoms with Crippen molar-refractivity contribution in [2.45, 2.75) is 65.0 Å². The maximum Gasteiger partial charge on any atom is 0.407 e. The molecule has 182 valence electrons. The van der Waals surface area contributed by atoms with Crippen molar-refractivity contribution in [1.29, 1.82) is 0 Å². The van der Waals surface area contributed by atoms with Gasteiger partial charge in [0.25, 0.3) is 0 Å². The van der Waals surface area contributed by atoms with E-state index < -0.39 is 35.0 Å². The smallest absolute Gasteiger partial charge is 0.407 e. The maximum absolute atomic E-state index is 13.1. The van der Waals surface area contributed by atoms with E-state index in [1.807, 2.05) is 36.4 Å². The Morgan fingerprint density at radius 1 is 0.941 bits per heavy atom. The zero-order valence-corrected chi connectivity index (χ0v) is 20.5. The monoisotopic (exact) mass is 466 g/mol. The van der Waals surface area contributed by atoms with Crippen LogP contribution in [0.4, 0.5) is 4.79 Å². The van der Waals surface area contributed by atoms with Gasteiger partial charge in [0.2, 0.25) is 5.91 Å².